The summed E-state index contributed by atoms with van der Waals surface area (Å²) in [4.78, 5) is 56.3. The number of anilines is 4. The van der Waals surface area contributed by atoms with Crippen molar-refractivity contribution < 1.29 is 28.4 Å². The van der Waals surface area contributed by atoms with Crippen molar-refractivity contribution in [2.45, 2.75) is 44.7 Å². The minimum atomic E-state index is -1.04. The van der Waals surface area contributed by atoms with E-state index < -0.39 is 17.7 Å². The molecule has 5 heterocycles. The Labute approximate surface area is 264 Å². The highest BCUT2D eigenvalue weighted by molar-refractivity contribution is 6.26. The SMILES string of the molecule is Cc1ccnc2c1N(C(=O)CN1CCN(c3cc4c(cc(C(=O)O)c[n+]4C4CC4)cc3F)CC1)C(=O)c1cccnc1N2C1CC1. The fraction of sp³-hybridized carbons (Fsp3) is 0.353. The lowest BCUT2D eigenvalue weighted by Gasteiger charge is -2.36. The van der Waals surface area contributed by atoms with Crippen LogP contribution in [0.5, 0.6) is 0 Å². The van der Waals surface area contributed by atoms with Crippen LogP contribution >= 0.6 is 0 Å². The third-order valence-corrected chi connectivity index (χ3v) is 9.39. The van der Waals surface area contributed by atoms with E-state index in [1.807, 2.05) is 38.3 Å². The number of hydrogen-bond acceptors (Lipinski definition) is 8. The first kappa shape index (κ1) is 28.5. The van der Waals surface area contributed by atoms with Gasteiger partial charge in [-0.05, 0) is 55.7 Å². The molecular formula is C34H33FN7O4+. The zero-order valence-electron chi connectivity index (χ0n) is 25.4. The van der Waals surface area contributed by atoms with E-state index in [0.29, 0.717) is 60.1 Å². The molecular weight excluding hydrogens is 589 g/mol. The van der Waals surface area contributed by atoms with Crippen molar-refractivity contribution in [3.63, 3.8) is 0 Å². The van der Waals surface area contributed by atoms with Crippen LogP contribution in [-0.4, -0.2) is 76.5 Å². The van der Waals surface area contributed by atoms with Crippen molar-refractivity contribution in [2.75, 3.05) is 47.4 Å². The molecule has 0 radical (unpaired) electrons. The highest BCUT2D eigenvalue weighted by Gasteiger charge is 2.43. The smallest absolute Gasteiger partial charge is 0.341 e. The van der Waals surface area contributed by atoms with Crippen molar-refractivity contribution in [1.82, 2.24) is 14.9 Å². The molecule has 12 heteroatoms. The lowest BCUT2D eigenvalue weighted by Crippen LogP contribution is -2.51. The molecule has 1 N–H and O–H groups in total. The Morgan fingerprint density at radius 2 is 1.76 bits per heavy atom. The second-order valence-electron chi connectivity index (χ2n) is 12.6. The van der Waals surface area contributed by atoms with Crippen LogP contribution in [0.3, 0.4) is 0 Å². The molecule has 2 aliphatic carbocycles. The van der Waals surface area contributed by atoms with E-state index in [9.17, 15) is 19.5 Å². The van der Waals surface area contributed by atoms with Crippen LogP contribution in [0.15, 0.2) is 55.0 Å². The second-order valence-corrected chi connectivity index (χ2v) is 12.6. The van der Waals surface area contributed by atoms with Gasteiger partial charge in [0.15, 0.2) is 18.1 Å². The van der Waals surface area contributed by atoms with E-state index in [1.165, 1.54) is 17.0 Å². The standard InChI is InChI=1S/C34H32FN7O4/c1-20-8-10-37-32-30(20)42(33(44)25-3-2-9-36-31(25)41(32)24-6-7-24)29(43)19-38-11-13-39(14-12-38)28-17-27-21(16-26(28)35)15-22(34(45)46)18-40(27)23-4-5-23/h2-3,8-10,15-18,23-24H,4-7,11-14,19H2,1H3/p+1. The average Bonchev–Trinajstić information content (AvgIpc) is 3.96. The summed E-state index contributed by atoms with van der Waals surface area (Å²) in [6.07, 6.45) is 8.84. The quantitative estimate of drug-likeness (QED) is 0.319. The number of piperazine rings is 1. The minimum absolute atomic E-state index is 0.0201. The zero-order chi connectivity index (χ0) is 31.7. The van der Waals surface area contributed by atoms with Crippen molar-refractivity contribution >= 4 is 51.7 Å². The predicted molar refractivity (Wildman–Crippen MR) is 168 cm³/mol. The van der Waals surface area contributed by atoms with Crippen molar-refractivity contribution in [3.05, 3.63) is 77.5 Å². The highest BCUT2D eigenvalue weighted by Crippen LogP contribution is 2.46. The van der Waals surface area contributed by atoms with Crippen LogP contribution in [0.4, 0.5) is 27.4 Å². The van der Waals surface area contributed by atoms with Crippen molar-refractivity contribution in [2.24, 2.45) is 0 Å². The highest BCUT2D eigenvalue weighted by atomic mass is 19.1. The summed E-state index contributed by atoms with van der Waals surface area (Å²) in [7, 11) is 0. The van der Waals surface area contributed by atoms with Gasteiger partial charge in [0.2, 0.25) is 11.4 Å². The van der Waals surface area contributed by atoms with Crippen molar-refractivity contribution in [1.29, 1.82) is 0 Å². The third kappa shape index (κ3) is 4.84. The Hall–Kier alpha value is -4.97. The third-order valence-electron chi connectivity index (χ3n) is 9.39. The number of carboxylic acids is 1. The summed E-state index contributed by atoms with van der Waals surface area (Å²) >= 11 is 0. The molecule has 8 rings (SSSR count). The van der Waals surface area contributed by atoms with Gasteiger partial charge < -0.3 is 14.9 Å². The van der Waals surface area contributed by atoms with Gasteiger partial charge in [-0.3, -0.25) is 14.5 Å². The number of nitrogens with zero attached hydrogens (tertiary/aromatic N) is 7. The number of aromatic nitrogens is 3. The van der Waals surface area contributed by atoms with E-state index in [2.05, 4.69) is 9.97 Å². The first-order valence-corrected chi connectivity index (χ1v) is 15.7. The molecule has 46 heavy (non-hydrogen) atoms. The topological polar surface area (TPSA) is 114 Å². The van der Waals surface area contributed by atoms with Gasteiger partial charge in [-0.1, -0.05) is 0 Å². The Balaban J connectivity index is 1.04. The molecule has 234 valence electrons. The molecule has 0 unspecified atom stereocenters. The number of carboxylic acid groups (broad SMARTS) is 1. The van der Waals surface area contributed by atoms with Gasteiger partial charge in [0.05, 0.1) is 28.9 Å². The van der Waals surface area contributed by atoms with Gasteiger partial charge in [-0.2, -0.15) is 4.57 Å². The molecule has 1 saturated heterocycles. The van der Waals surface area contributed by atoms with Crippen LogP contribution < -0.4 is 19.3 Å². The monoisotopic (exact) mass is 622 g/mol. The lowest BCUT2D eigenvalue weighted by molar-refractivity contribution is -0.675. The van der Waals surface area contributed by atoms with Crippen molar-refractivity contribution in [3.8, 4) is 0 Å². The fourth-order valence-corrected chi connectivity index (χ4v) is 6.74. The number of fused-ring (bicyclic) bond motifs is 3. The number of hydrogen-bond donors (Lipinski definition) is 1. The molecule has 3 aromatic heterocycles. The first-order valence-electron chi connectivity index (χ1n) is 15.7. The molecule has 0 atom stereocenters. The second kappa shape index (κ2) is 10.8. The minimum Gasteiger partial charge on any atom is -0.477 e. The number of pyridine rings is 3. The van der Waals surface area contributed by atoms with Gasteiger partial charge >= 0.3 is 5.97 Å². The summed E-state index contributed by atoms with van der Waals surface area (Å²) in [5, 5.41) is 10.1. The average molecular weight is 623 g/mol. The van der Waals surface area contributed by atoms with Gasteiger partial charge in [-0.15, -0.1) is 0 Å². The van der Waals surface area contributed by atoms with Crippen LogP contribution in [0.1, 0.15) is 58.0 Å². The summed E-state index contributed by atoms with van der Waals surface area (Å²) in [6, 6.07) is 10.4. The van der Waals surface area contributed by atoms with Gasteiger partial charge in [0.25, 0.3) is 5.91 Å². The summed E-state index contributed by atoms with van der Waals surface area (Å²) in [6.45, 7) is 3.87. The Bertz CT molecular complexity index is 1930. The number of halogens is 1. The number of aryl methyl sites for hydroxylation is 1. The summed E-state index contributed by atoms with van der Waals surface area (Å²) in [5.41, 5.74) is 3.05. The number of imide groups is 1. The predicted octanol–water partition coefficient (Wildman–Crippen LogP) is 4.01. The van der Waals surface area contributed by atoms with E-state index in [1.54, 1.807) is 30.7 Å². The van der Waals surface area contributed by atoms with E-state index in [-0.39, 0.29) is 30.1 Å². The molecule has 2 amide bonds. The fourth-order valence-electron chi connectivity index (χ4n) is 6.74. The van der Waals surface area contributed by atoms with Gasteiger partial charge in [-0.25, -0.2) is 24.1 Å². The Kier molecular flexibility index (Phi) is 6.71. The number of carbonyl (C=O) groups is 3. The maximum Gasteiger partial charge on any atom is 0.341 e. The molecule has 11 nitrogen and oxygen atoms in total. The Morgan fingerprint density at radius 3 is 2.48 bits per heavy atom. The first-order chi connectivity index (χ1) is 22.3. The number of rotatable bonds is 6. The molecule has 2 saturated carbocycles. The number of amides is 2. The maximum atomic E-state index is 15.5. The van der Waals surface area contributed by atoms with Crippen LogP contribution in [0.25, 0.3) is 10.9 Å². The summed E-state index contributed by atoms with van der Waals surface area (Å²) < 4.78 is 17.4. The lowest BCUT2D eigenvalue weighted by atomic mass is 10.1. The van der Waals surface area contributed by atoms with Crippen LogP contribution in [-0.2, 0) is 4.79 Å². The number of benzene rings is 1. The number of carbonyl (C=O) groups excluding carboxylic acids is 2. The molecule has 4 aliphatic rings. The molecule has 0 spiro atoms. The van der Waals surface area contributed by atoms with Crippen LogP contribution in [0.2, 0.25) is 0 Å². The molecule has 0 bridgehead atoms. The number of aromatic carboxylic acids is 1. The van der Waals surface area contributed by atoms with Gasteiger partial charge in [0, 0.05) is 63.5 Å². The van der Waals surface area contributed by atoms with Crippen LogP contribution in [0, 0.1) is 12.7 Å². The normalized spacial score (nSPS) is 18.4. The van der Waals surface area contributed by atoms with E-state index >= 15 is 4.39 Å². The van der Waals surface area contributed by atoms with Gasteiger partial charge in [0.1, 0.15) is 17.2 Å². The molecule has 3 fully saturated rings. The zero-order valence-corrected chi connectivity index (χ0v) is 25.4. The van der Waals surface area contributed by atoms with E-state index in [4.69, 9.17) is 0 Å². The largest absolute Gasteiger partial charge is 0.477 e. The maximum absolute atomic E-state index is 15.5. The summed E-state index contributed by atoms with van der Waals surface area (Å²) in [5.74, 6) is -1.12. The molecule has 1 aromatic carbocycles. The van der Waals surface area contributed by atoms with E-state index in [0.717, 1.165) is 36.8 Å². The Morgan fingerprint density at radius 1 is 1.00 bits per heavy atom. The molecule has 4 aromatic rings. The molecule has 2 aliphatic heterocycles.